The third-order valence-corrected chi connectivity index (χ3v) is 10.2. The molecule has 11 nitrogen and oxygen atoms in total. The Kier molecular flexibility index (Phi) is 41.1. The van der Waals surface area contributed by atoms with Gasteiger partial charge in [0.2, 0.25) is 0 Å². The Morgan fingerprint density at radius 2 is 0.746 bits per heavy atom. The molecule has 0 N–H and O–H groups in total. The smallest absolute Gasteiger partial charge is 0.344 e. The van der Waals surface area contributed by atoms with Gasteiger partial charge in [0.15, 0.2) is 18.8 Å². The van der Waals surface area contributed by atoms with E-state index in [1.807, 2.05) is 21.1 Å². The molecule has 0 aromatic rings. The van der Waals surface area contributed by atoms with E-state index in [0.717, 1.165) is 25.7 Å². The first-order valence-corrected chi connectivity index (χ1v) is 23.6. The minimum absolute atomic E-state index is 0. The topological polar surface area (TPSA) is 132 Å². The average molecular weight is 907 g/mol. The summed E-state index contributed by atoms with van der Waals surface area (Å²) in [6.07, 6.45) is 30.1. The Morgan fingerprint density at radius 3 is 1.08 bits per heavy atom. The Balaban J connectivity index is 0. The van der Waals surface area contributed by atoms with Crippen LogP contribution in [0.1, 0.15) is 213 Å². The summed E-state index contributed by atoms with van der Waals surface area (Å²) in [5.41, 5.74) is 0. The van der Waals surface area contributed by atoms with Crippen molar-refractivity contribution in [2.75, 3.05) is 47.5 Å². The van der Waals surface area contributed by atoms with Gasteiger partial charge in [0.1, 0.15) is 19.8 Å². The van der Waals surface area contributed by atoms with Crippen molar-refractivity contribution in [1.82, 2.24) is 0 Å². The fraction of sp³-hybridized carbons (Fsp3) is 0.894. The molecule has 0 heterocycles. The Morgan fingerprint density at radius 1 is 0.407 bits per heavy atom. The first-order valence-electron chi connectivity index (χ1n) is 23.6. The normalized spacial score (nSPS) is 11.8. The number of ether oxygens (including phenoxy) is 5. The van der Waals surface area contributed by atoms with Gasteiger partial charge in [-0.2, -0.15) is 0 Å². The van der Waals surface area contributed by atoms with Gasteiger partial charge in [0.25, 0.3) is 0 Å². The average Bonchev–Trinajstić information content (AvgIpc) is 3.17. The summed E-state index contributed by atoms with van der Waals surface area (Å²) in [5.74, 6) is -2.82. The third-order valence-electron chi connectivity index (χ3n) is 10.2. The van der Waals surface area contributed by atoms with Crippen molar-refractivity contribution < 1.29 is 69.1 Å². The number of quaternary nitrogens is 1. The number of carbonyl (C=O) groups is 5. The van der Waals surface area contributed by atoms with Gasteiger partial charge in [0.05, 0.1) is 27.6 Å². The molecule has 0 rings (SSSR count). The summed E-state index contributed by atoms with van der Waals surface area (Å²) in [5, 5.41) is 0. The highest BCUT2D eigenvalue weighted by Crippen LogP contribution is 2.15. The van der Waals surface area contributed by atoms with Crippen LogP contribution in [0.3, 0.4) is 0 Å². The van der Waals surface area contributed by atoms with Crippen LogP contribution in [0.4, 0.5) is 0 Å². The summed E-state index contributed by atoms with van der Waals surface area (Å²) < 4.78 is 27.3. The largest absolute Gasteiger partial charge is 1.00 e. The highest BCUT2D eigenvalue weighted by molar-refractivity contribution is 5.77. The molecule has 12 heteroatoms. The van der Waals surface area contributed by atoms with Crippen molar-refractivity contribution in [3.8, 4) is 0 Å². The maximum atomic E-state index is 12.7. The van der Waals surface area contributed by atoms with E-state index in [2.05, 4.69) is 13.8 Å². The van der Waals surface area contributed by atoms with Gasteiger partial charge in [-0.1, -0.05) is 175 Å². The molecule has 0 aliphatic carbocycles. The van der Waals surface area contributed by atoms with Crippen LogP contribution >= 0.6 is 0 Å². The molecule has 0 saturated heterocycles. The predicted molar refractivity (Wildman–Crippen MR) is 231 cm³/mol. The lowest BCUT2D eigenvalue weighted by Gasteiger charge is -2.28. The number of esters is 5. The number of hydrogen-bond donors (Lipinski definition) is 0. The van der Waals surface area contributed by atoms with Gasteiger partial charge >= 0.3 is 29.8 Å². The number of rotatable bonds is 41. The summed E-state index contributed by atoms with van der Waals surface area (Å²) in [4.78, 5) is 62.4. The van der Waals surface area contributed by atoms with Crippen LogP contribution in [0.2, 0.25) is 0 Å². The van der Waals surface area contributed by atoms with Crippen LogP contribution < -0.4 is 17.0 Å². The molecule has 0 bridgehead atoms. The molecule has 1 atom stereocenters. The van der Waals surface area contributed by atoms with Gasteiger partial charge in [-0.25, -0.2) is 4.79 Å². The van der Waals surface area contributed by atoms with E-state index in [9.17, 15) is 24.0 Å². The number of unbranched alkanes of at least 4 members (excludes halogenated alkanes) is 24. The minimum Gasteiger partial charge on any atom is -1.00 e. The first kappa shape index (κ1) is 58.9. The summed E-state index contributed by atoms with van der Waals surface area (Å²) in [7, 11) is 5.73. The van der Waals surface area contributed by atoms with E-state index in [4.69, 9.17) is 23.7 Å². The molecule has 0 unspecified atom stereocenters. The van der Waals surface area contributed by atoms with Crippen LogP contribution in [-0.4, -0.2) is 94.0 Å². The molecule has 0 saturated carbocycles. The van der Waals surface area contributed by atoms with Crippen LogP contribution in [0.15, 0.2) is 0 Å². The molecule has 0 aliphatic rings. The highest BCUT2D eigenvalue weighted by atomic mass is 79.9. The van der Waals surface area contributed by atoms with Gasteiger partial charge in [-0.05, 0) is 12.8 Å². The lowest BCUT2D eigenvalue weighted by atomic mass is 10.0. The van der Waals surface area contributed by atoms with Crippen molar-refractivity contribution in [3.05, 3.63) is 0 Å². The molecular formula is C47H88BrNO10. The summed E-state index contributed by atoms with van der Waals surface area (Å²) in [6.45, 7) is 5.30. The van der Waals surface area contributed by atoms with Crippen LogP contribution in [0.5, 0.6) is 0 Å². The monoisotopic (exact) mass is 906 g/mol. The zero-order valence-electron chi connectivity index (χ0n) is 38.6. The van der Waals surface area contributed by atoms with Gasteiger partial charge in [-0.3, -0.25) is 19.2 Å². The van der Waals surface area contributed by atoms with Crippen molar-refractivity contribution in [3.63, 3.8) is 0 Å². The molecule has 0 radical (unpaired) electrons. The number of carbonyl (C=O) groups excluding carboxylic acids is 5. The van der Waals surface area contributed by atoms with Crippen molar-refractivity contribution in [2.45, 2.75) is 226 Å². The summed E-state index contributed by atoms with van der Waals surface area (Å²) in [6, 6.07) is 0. The van der Waals surface area contributed by atoms with E-state index in [0.29, 0.717) is 23.9 Å². The fourth-order valence-corrected chi connectivity index (χ4v) is 6.83. The van der Waals surface area contributed by atoms with Crippen LogP contribution in [0, 0.1) is 0 Å². The number of halogens is 1. The number of nitrogens with zero attached hydrogens (tertiary/aromatic N) is 1. The minimum atomic E-state index is -1.05. The van der Waals surface area contributed by atoms with Crippen molar-refractivity contribution in [1.29, 1.82) is 0 Å². The second-order valence-electron chi connectivity index (χ2n) is 17.3. The Labute approximate surface area is 370 Å². The van der Waals surface area contributed by atoms with E-state index >= 15 is 0 Å². The standard InChI is InChI=1S/C47H88NO10.BrH/c1-7-10-12-14-16-18-20-22-24-26-28-30-32-34-44(50)54-38-42(39-55-45(51)35-33-31-29-27-25-23-21-19-17-15-13-11-8-2)58-47(53)40-56-46(52)36-41(37-48(4,5)6)57-43(49)9-3;/h41-42H,7-40H2,1-6H3;1H/q+1;/p-1/t41-;/m0./s1. The number of hydrogen-bond acceptors (Lipinski definition) is 10. The molecule has 348 valence electrons. The van der Waals surface area contributed by atoms with Crippen LogP contribution in [0.25, 0.3) is 0 Å². The van der Waals surface area contributed by atoms with E-state index in [-0.39, 0.29) is 55.9 Å². The first-order chi connectivity index (χ1) is 27.9. The quantitative estimate of drug-likeness (QED) is 0.0258. The molecule has 0 aliphatic heterocycles. The maximum Gasteiger partial charge on any atom is 0.344 e. The van der Waals surface area contributed by atoms with Gasteiger partial charge in [-0.15, -0.1) is 0 Å². The summed E-state index contributed by atoms with van der Waals surface area (Å²) >= 11 is 0. The van der Waals surface area contributed by atoms with Gasteiger partial charge in [0, 0.05) is 19.3 Å². The molecule has 0 amide bonds. The van der Waals surface area contributed by atoms with Gasteiger partial charge < -0.3 is 45.1 Å². The fourth-order valence-electron chi connectivity index (χ4n) is 6.83. The maximum absolute atomic E-state index is 12.7. The van der Waals surface area contributed by atoms with E-state index < -0.39 is 48.7 Å². The lowest BCUT2D eigenvalue weighted by Crippen LogP contribution is -3.00. The van der Waals surface area contributed by atoms with Crippen molar-refractivity contribution >= 4 is 29.8 Å². The second kappa shape index (κ2) is 41.2. The molecule has 59 heavy (non-hydrogen) atoms. The van der Waals surface area contributed by atoms with Crippen molar-refractivity contribution in [2.24, 2.45) is 0 Å². The zero-order valence-corrected chi connectivity index (χ0v) is 40.2. The van der Waals surface area contributed by atoms with E-state index in [1.54, 1.807) is 6.92 Å². The lowest BCUT2D eigenvalue weighted by molar-refractivity contribution is -0.873. The molecule has 0 aromatic heterocycles. The molecule has 0 aromatic carbocycles. The number of likely N-dealkylation sites (N-methyl/N-ethyl adjacent to an activating group) is 1. The Hall–Kier alpha value is -2.21. The SMILES string of the molecule is CCCCCCCCCCCCCCCC(=O)OCC(COC(=O)CCCCCCCCCCCCCCC)OC(=O)COC(=O)C[C@@H](C[N+](C)(C)C)OC(=O)CC.[Br-]. The second-order valence-corrected chi connectivity index (χ2v) is 17.3. The zero-order chi connectivity index (χ0) is 43.1. The Bertz CT molecular complexity index is 1000. The third kappa shape index (κ3) is 42.3. The predicted octanol–water partition coefficient (Wildman–Crippen LogP) is 7.91. The molecular weight excluding hydrogens is 818 g/mol. The molecule has 0 spiro atoms. The highest BCUT2D eigenvalue weighted by Gasteiger charge is 2.26. The van der Waals surface area contributed by atoms with Crippen LogP contribution in [-0.2, 0) is 47.7 Å². The molecule has 0 fully saturated rings. The van der Waals surface area contributed by atoms with E-state index in [1.165, 1.54) is 128 Å².